The van der Waals surface area contributed by atoms with Crippen molar-refractivity contribution < 1.29 is 24.2 Å². The van der Waals surface area contributed by atoms with Crippen LogP contribution in [0.1, 0.15) is 34.1 Å². The van der Waals surface area contributed by atoms with Gasteiger partial charge in [-0.2, -0.15) is 0 Å². The van der Waals surface area contributed by atoms with Crippen LogP contribution in [0, 0.1) is 5.92 Å². The molecule has 1 heterocycles. The summed E-state index contributed by atoms with van der Waals surface area (Å²) in [6.45, 7) is 7.00. The molecule has 26 heavy (non-hydrogen) atoms. The van der Waals surface area contributed by atoms with Gasteiger partial charge in [0.1, 0.15) is 12.6 Å². The molecule has 1 aromatic rings. The quantitative estimate of drug-likeness (QED) is 0.604. The van der Waals surface area contributed by atoms with Crippen molar-refractivity contribution in [1.29, 1.82) is 0 Å². The molecule has 0 aliphatic carbocycles. The van der Waals surface area contributed by atoms with Crippen LogP contribution in [-0.2, 0) is 19.1 Å². The first-order chi connectivity index (χ1) is 12.3. The van der Waals surface area contributed by atoms with Crippen molar-refractivity contribution in [2.45, 2.75) is 46.2 Å². The lowest BCUT2D eigenvalue weighted by molar-refractivity contribution is -0.146. The molecule has 1 aromatic heterocycles. The minimum atomic E-state index is -1.14. The first-order valence-corrected chi connectivity index (χ1v) is 8.62. The third-order valence-corrected chi connectivity index (χ3v) is 3.62. The van der Waals surface area contributed by atoms with Gasteiger partial charge in [0.05, 0.1) is 24.5 Å². The lowest BCUT2D eigenvalue weighted by Gasteiger charge is -2.27. The van der Waals surface area contributed by atoms with Gasteiger partial charge in [-0.3, -0.25) is 29.6 Å². The van der Waals surface area contributed by atoms with Crippen molar-refractivity contribution in [3.05, 3.63) is 24.5 Å². The fraction of sp³-hybridized carbons (Fsp3) is 0.556. The molecule has 0 aliphatic heterocycles. The van der Waals surface area contributed by atoms with E-state index in [4.69, 9.17) is 9.84 Å². The van der Waals surface area contributed by atoms with Gasteiger partial charge in [-0.25, -0.2) is 0 Å². The Labute approximate surface area is 153 Å². The number of carbonyl (C=O) groups excluding carboxylic acids is 2. The molecule has 0 fully saturated rings. The summed E-state index contributed by atoms with van der Waals surface area (Å²) in [5, 5.41) is 12.1. The van der Waals surface area contributed by atoms with Crippen LogP contribution in [0.4, 0.5) is 5.69 Å². The number of carboxylic acid groups (broad SMARTS) is 1. The Morgan fingerprint density at radius 3 is 2.50 bits per heavy atom. The number of nitrogens with one attached hydrogen (secondary N) is 1. The van der Waals surface area contributed by atoms with Crippen LogP contribution in [0.15, 0.2) is 24.5 Å². The number of pyridine rings is 1. The highest BCUT2D eigenvalue weighted by atomic mass is 16.5. The molecule has 0 bridgehead atoms. The van der Waals surface area contributed by atoms with Crippen LogP contribution in [0.2, 0.25) is 0 Å². The van der Waals surface area contributed by atoms with Crippen molar-refractivity contribution in [2.75, 3.05) is 18.1 Å². The SMILES string of the molecule is CCOC(=O)[C@H](CC(C)C)N[C@@H](C)C(=O)N(CC(=O)O)c1cccnc1. The number of carbonyl (C=O) groups is 3. The Bertz CT molecular complexity index is 606. The minimum Gasteiger partial charge on any atom is -0.480 e. The van der Waals surface area contributed by atoms with Crippen LogP contribution < -0.4 is 10.2 Å². The van der Waals surface area contributed by atoms with E-state index in [2.05, 4.69) is 10.3 Å². The van der Waals surface area contributed by atoms with Crippen molar-refractivity contribution in [3.8, 4) is 0 Å². The zero-order chi connectivity index (χ0) is 19.7. The summed E-state index contributed by atoms with van der Waals surface area (Å²) in [5.74, 6) is -1.81. The molecule has 8 heteroatoms. The molecule has 1 rings (SSSR count). The molecule has 0 aromatic carbocycles. The molecule has 0 spiro atoms. The largest absolute Gasteiger partial charge is 0.480 e. The fourth-order valence-corrected chi connectivity index (χ4v) is 2.50. The van der Waals surface area contributed by atoms with Crippen LogP contribution in [-0.4, -0.2) is 53.2 Å². The Balaban J connectivity index is 2.94. The lowest BCUT2D eigenvalue weighted by Crippen LogP contribution is -2.52. The van der Waals surface area contributed by atoms with E-state index in [0.717, 1.165) is 4.90 Å². The normalized spacial score (nSPS) is 13.1. The van der Waals surface area contributed by atoms with Crippen molar-refractivity contribution >= 4 is 23.5 Å². The first kappa shape index (κ1) is 21.6. The Kier molecular flexibility index (Phi) is 8.71. The maximum atomic E-state index is 12.8. The van der Waals surface area contributed by atoms with E-state index in [9.17, 15) is 14.4 Å². The van der Waals surface area contributed by atoms with Gasteiger partial charge in [0, 0.05) is 6.20 Å². The predicted octanol–water partition coefficient (Wildman–Crippen LogP) is 1.46. The van der Waals surface area contributed by atoms with Gasteiger partial charge < -0.3 is 9.84 Å². The number of carboxylic acids is 1. The van der Waals surface area contributed by atoms with Crippen molar-refractivity contribution in [2.24, 2.45) is 5.92 Å². The molecule has 1 amide bonds. The zero-order valence-electron chi connectivity index (χ0n) is 15.6. The molecule has 2 atom stereocenters. The summed E-state index contributed by atoms with van der Waals surface area (Å²) in [6, 6.07) is 1.81. The topological polar surface area (TPSA) is 109 Å². The average molecular weight is 365 g/mol. The zero-order valence-corrected chi connectivity index (χ0v) is 15.6. The number of rotatable bonds is 10. The molecule has 0 unspecified atom stereocenters. The van der Waals surface area contributed by atoms with E-state index in [1.165, 1.54) is 12.4 Å². The lowest BCUT2D eigenvalue weighted by atomic mass is 10.0. The number of nitrogens with zero attached hydrogens (tertiary/aromatic N) is 2. The highest BCUT2D eigenvalue weighted by molar-refractivity contribution is 6.00. The van der Waals surface area contributed by atoms with Gasteiger partial charge in [-0.05, 0) is 38.3 Å². The maximum absolute atomic E-state index is 12.8. The van der Waals surface area contributed by atoms with Gasteiger partial charge in [0.2, 0.25) is 5.91 Å². The molecule has 144 valence electrons. The second-order valence-corrected chi connectivity index (χ2v) is 6.35. The van der Waals surface area contributed by atoms with E-state index < -0.39 is 36.5 Å². The molecule has 0 aliphatic rings. The fourth-order valence-electron chi connectivity index (χ4n) is 2.50. The summed E-state index contributed by atoms with van der Waals surface area (Å²) >= 11 is 0. The number of esters is 1. The summed E-state index contributed by atoms with van der Waals surface area (Å²) in [5.41, 5.74) is 0.380. The van der Waals surface area contributed by atoms with Gasteiger partial charge in [-0.1, -0.05) is 13.8 Å². The standard InChI is InChI=1S/C18H27N3O5/c1-5-26-18(25)15(9-12(2)3)20-13(4)17(24)21(11-16(22)23)14-7-6-8-19-10-14/h6-8,10,12-13,15,20H,5,9,11H2,1-4H3,(H,22,23)/t13-,15-/m0/s1. The van der Waals surface area contributed by atoms with Crippen LogP contribution in [0.5, 0.6) is 0 Å². The number of anilines is 1. The summed E-state index contributed by atoms with van der Waals surface area (Å²) in [4.78, 5) is 41.2. The van der Waals surface area contributed by atoms with E-state index in [1.54, 1.807) is 26.0 Å². The highest BCUT2D eigenvalue weighted by Crippen LogP contribution is 2.14. The van der Waals surface area contributed by atoms with E-state index in [1.807, 2.05) is 13.8 Å². The van der Waals surface area contributed by atoms with E-state index in [-0.39, 0.29) is 12.5 Å². The molecule has 2 N–H and O–H groups in total. The number of amides is 1. The van der Waals surface area contributed by atoms with Crippen LogP contribution in [0.25, 0.3) is 0 Å². The Morgan fingerprint density at radius 2 is 2.00 bits per heavy atom. The van der Waals surface area contributed by atoms with Gasteiger partial charge in [0.15, 0.2) is 0 Å². The molecule has 8 nitrogen and oxygen atoms in total. The third kappa shape index (κ3) is 6.79. The number of hydrogen-bond donors (Lipinski definition) is 2. The Hall–Kier alpha value is -2.48. The molecule has 0 saturated heterocycles. The molecular weight excluding hydrogens is 338 g/mol. The summed E-state index contributed by atoms with van der Waals surface area (Å²) in [6.07, 6.45) is 3.46. The van der Waals surface area contributed by atoms with E-state index in [0.29, 0.717) is 12.1 Å². The van der Waals surface area contributed by atoms with Crippen LogP contribution in [0.3, 0.4) is 0 Å². The molecule has 0 radical (unpaired) electrons. The Morgan fingerprint density at radius 1 is 1.31 bits per heavy atom. The van der Waals surface area contributed by atoms with Crippen LogP contribution >= 0.6 is 0 Å². The highest BCUT2D eigenvalue weighted by Gasteiger charge is 2.29. The number of aliphatic carboxylic acids is 1. The number of ether oxygens (including phenoxy) is 1. The van der Waals surface area contributed by atoms with Crippen molar-refractivity contribution in [1.82, 2.24) is 10.3 Å². The second kappa shape index (κ2) is 10.5. The minimum absolute atomic E-state index is 0.215. The smallest absolute Gasteiger partial charge is 0.323 e. The molecule has 0 saturated carbocycles. The second-order valence-electron chi connectivity index (χ2n) is 6.35. The summed E-state index contributed by atoms with van der Waals surface area (Å²) in [7, 11) is 0. The van der Waals surface area contributed by atoms with Crippen molar-refractivity contribution in [3.63, 3.8) is 0 Å². The monoisotopic (exact) mass is 365 g/mol. The third-order valence-electron chi connectivity index (χ3n) is 3.62. The van der Waals surface area contributed by atoms with E-state index >= 15 is 0 Å². The van der Waals surface area contributed by atoms with Gasteiger partial charge in [-0.15, -0.1) is 0 Å². The maximum Gasteiger partial charge on any atom is 0.323 e. The van der Waals surface area contributed by atoms with Gasteiger partial charge >= 0.3 is 11.9 Å². The summed E-state index contributed by atoms with van der Waals surface area (Å²) < 4.78 is 5.06. The van der Waals surface area contributed by atoms with Gasteiger partial charge in [0.25, 0.3) is 0 Å². The number of aromatic nitrogens is 1. The predicted molar refractivity (Wildman–Crippen MR) is 96.7 cm³/mol. The number of hydrogen-bond acceptors (Lipinski definition) is 6. The molecular formula is C18H27N3O5. The first-order valence-electron chi connectivity index (χ1n) is 8.62. The average Bonchev–Trinajstić information content (AvgIpc) is 2.58.